The van der Waals surface area contributed by atoms with Crippen molar-refractivity contribution in [2.24, 2.45) is 5.92 Å². The molecule has 1 saturated heterocycles. The van der Waals surface area contributed by atoms with E-state index in [1.807, 2.05) is 42.5 Å². The Bertz CT molecular complexity index is 1210. The molecule has 0 aliphatic carbocycles. The second-order valence-corrected chi connectivity index (χ2v) is 7.48. The summed E-state index contributed by atoms with van der Waals surface area (Å²) < 4.78 is 5.53. The summed E-state index contributed by atoms with van der Waals surface area (Å²) in [4.78, 5) is 20.5. The van der Waals surface area contributed by atoms with Crippen molar-refractivity contribution in [3.05, 3.63) is 61.1 Å². The second kappa shape index (κ2) is 8.16. The third-order valence-electron chi connectivity index (χ3n) is 5.35. The molecule has 4 aromatic rings. The van der Waals surface area contributed by atoms with Crippen LogP contribution in [0.5, 0.6) is 5.75 Å². The maximum absolute atomic E-state index is 9.44. The lowest BCUT2D eigenvalue weighted by Crippen LogP contribution is -2.49. The predicted octanol–water partition coefficient (Wildman–Crippen LogP) is 3.27. The smallest absolute Gasteiger partial charge is 0.162 e. The summed E-state index contributed by atoms with van der Waals surface area (Å²) >= 11 is 0. The number of pyridine rings is 2. The first-order valence-corrected chi connectivity index (χ1v) is 10.1. The van der Waals surface area contributed by atoms with Crippen molar-refractivity contribution in [2.45, 2.75) is 0 Å². The minimum Gasteiger partial charge on any atom is -0.494 e. The Balaban J connectivity index is 1.57. The van der Waals surface area contributed by atoms with Gasteiger partial charge >= 0.3 is 0 Å². The largest absolute Gasteiger partial charge is 0.494 e. The maximum Gasteiger partial charge on any atom is 0.162 e. The van der Waals surface area contributed by atoms with E-state index in [1.165, 1.54) is 0 Å². The minimum atomic E-state index is 0.171. The Morgan fingerprint density at radius 3 is 2.74 bits per heavy atom. The molecule has 31 heavy (non-hydrogen) atoms. The lowest BCUT2D eigenvalue weighted by molar-refractivity contribution is 0.200. The number of para-hydroxylation sites is 1. The van der Waals surface area contributed by atoms with Crippen LogP contribution in [-0.4, -0.2) is 51.8 Å². The topological polar surface area (TPSA) is 96.3 Å². The number of rotatable bonds is 6. The Hall–Kier alpha value is -3.78. The number of hydrogen-bond donors (Lipinski definition) is 2. The van der Waals surface area contributed by atoms with Crippen LogP contribution in [0.2, 0.25) is 0 Å². The molecule has 0 atom stereocenters. The normalized spacial score (nSPS) is 13.8. The average Bonchev–Trinajstić information content (AvgIpc) is 2.78. The summed E-state index contributed by atoms with van der Waals surface area (Å²) in [5.74, 6) is 2.97. The van der Waals surface area contributed by atoms with E-state index in [2.05, 4.69) is 20.2 Å². The molecule has 4 heterocycles. The quantitative estimate of drug-likeness (QED) is 0.496. The molecule has 1 aromatic carbocycles. The van der Waals surface area contributed by atoms with Gasteiger partial charge in [-0.05, 0) is 24.3 Å². The number of aromatic nitrogens is 4. The van der Waals surface area contributed by atoms with Gasteiger partial charge in [-0.25, -0.2) is 15.0 Å². The van der Waals surface area contributed by atoms with Crippen LogP contribution < -0.4 is 15.0 Å². The van der Waals surface area contributed by atoms with Crippen LogP contribution in [0.4, 0.5) is 17.3 Å². The van der Waals surface area contributed by atoms with Gasteiger partial charge in [-0.3, -0.25) is 4.98 Å². The monoisotopic (exact) mass is 414 g/mol. The van der Waals surface area contributed by atoms with E-state index in [4.69, 9.17) is 14.7 Å². The van der Waals surface area contributed by atoms with E-state index >= 15 is 0 Å². The minimum absolute atomic E-state index is 0.171. The zero-order chi connectivity index (χ0) is 21.2. The molecule has 3 aromatic heterocycles. The Labute approximate surface area is 179 Å². The maximum atomic E-state index is 9.44. The third kappa shape index (κ3) is 3.73. The molecule has 1 aliphatic heterocycles. The first kappa shape index (κ1) is 19.2. The van der Waals surface area contributed by atoms with Gasteiger partial charge in [-0.1, -0.05) is 18.2 Å². The van der Waals surface area contributed by atoms with Crippen molar-refractivity contribution < 1.29 is 9.84 Å². The van der Waals surface area contributed by atoms with Crippen LogP contribution in [0.25, 0.3) is 22.3 Å². The summed E-state index contributed by atoms with van der Waals surface area (Å²) in [6, 6.07) is 13.7. The first-order chi connectivity index (χ1) is 15.2. The number of fused-ring (bicyclic) bond motifs is 1. The van der Waals surface area contributed by atoms with Crippen LogP contribution in [0.3, 0.4) is 0 Å². The van der Waals surface area contributed by atoms with Gasteiger partial charge in [0.2, 0.25) is 0 Å². The van der Waals surface area contributed by atoms with Crippen LogP contribution >= 0.6 is 0 Å². The van der Waals surface area contributed by atoms with Crippen molar-refractivity contribution >= 4 is 28.2 Å². The molecule has 2 N–H and O–H groups in total. The van der Waals surface area contributed by atoms with Gasteiger partial charge in [-0.15, -0.1) is 0 Å². The standard InChI is InChI=1S/C23H22N6O2/c1-31-19-11-24-10-18-21(19)23(29-12-15(13-29)14-30)28-22(27-18)16-7-8-25-20(9-16)26-17-5-3-2-4-6-17/h2-11,15,30H,12-14H2,1H3,(H,25,26). The number of aliphatic hydroxyl groups excluding tert-OH is 1. The number of nitrogens with one attached hydrogen (secondary N) is 1. The number of aliphatic hydroxyl groups is 1. The number of methoxy groups -OCH3 is 1. The number of nitrogens with zero attached hydrogens (tertiary/aromatic N) is 5. The molecule has 0 amide bonds. The molecule has 8 nitrogen and oxygen atoms in total. The van der Waals surface area contributed by atoms with E-state index in [1.54, 1.807) is 25.7 Å². The zero-order valence-electron chi connectivity index (χ0n) is 17.1. The van der Waals surface area contributed by atoms with Crippen molar-refractivity contribution in [3.8, 4) is 17.1 Å². The first-order valence-electron chi connectivity index (χ1n) is 10.1. The van der Waals surface area contributed by atoms with Crippen molar-refractivity contribution in [3.63, 3.8) is 0 Å². The lowest BCUT2D eigenvalue weighted by atomic mass is 10.0. The molecule has 0 unspecified atom stereocenters. The van der Waals surface area contributed by atoms with Crippen LogP contribution in [0.1, 0.15) is 0 Å². The average molecular weight is 414 g/mol. The molecular formula is C23H22N6O2. The van der Waals surface area contributed by atoms with Crippen LogP contribution in [-0.2, 0) is 0 Å². The highest BCUT2D eigenvalue weighted by Crippen LogP contribution is 2.36. The molecule has 0 bridgehead atoms. The van der Waals surface area contributed by atoms with Crippen LogP contribution in [0, 0.1) is 5.92 Å². The van der Waals surface area contributed by atoms with Gasteiger partial charge in [0.1, 0.15) is 17.4 Å². The predicted molar refractivity (Wildman–Crippen MR) is 120 cm³/mol. The van der Waals surface area contributed by atoms with E-state index in [-0.39, 0.29) is 12.5 Å². The van der Waals surface area contributed by atoms with Gasteiger partial charge in [0.05, 0.1) is 30.4 Å². The fourth-order valence-electron chi connectivity index (χ4n) is 3.71. The second-order valence-electron chi connectivity index (χ2n) is 7.48. The molecule has 0 spiro atoms. The van der Waals surface area contributed by atoms with Gasteiger partial charge in [0.15, 0.2) is 5.82 Å². The Morgan fingerprint density at radius 1 is 1.13 bits per heavy atom. The fraction of sp³-hybridized carbons (Fsp3) is 0.217. The van der Waals surface area contributed by atoms with Gasteiger partial charge in [-0.2, -0.15) is 0 Å². The SMILES string of the molecule is COc1cncc2nc(-c3ccnc(Nc4ccccc4)c3)nc(N3CC(CO)C3)c12. The number of anilines is 3. The van der Waals surface area contributed by atoms with Gasteiger partial charge < -0.3 is 20.1 Å². The third-order valence-corrected chi connectivity index (χ3v) is 5.35. The molecule has 156 valence electrons. The highest BCUT2D eigenvalue weighted by molar-refractivity contribution is 5.95. The lowest BCUT2D eigenvalue weighted by Gasteiger charge is -2.39. The summed E-state index contributed by atoms with van der Waals surface area (Å²) in [6.07, 6.45) is 5.13. The Morgan fingerprint density at radius 2 is 1.97 bits per heavy atom. The van der Waals surface area contributed by atoms with E-state index in [0.717, 1.165) is 35.5 Å². The highest BCUT2D eigenvalue weighted by Gasteiger charge is 2.30. The number of ether oxygens (including phenoxy) is 1. The fourth-order valence-corrected chi connectivity index (χ4v) is 3.71. The molecule has 5 rings (SSSR count). The van der Waals surface area contributed by atoms with Crippen LogP contribution in [0.15, 0.2) is 61.1 Å². The van der Waals surface area contributed by atoms with Crippen molar-refractivity contribution in [2.75, 3.05) is 37.0 Å². The molecule has 8 heteroatoms. The van der Waals surface area contributed by atoms with E-state index in [0.29, 0.717) is 22.9 Å². The van der Waals surface area contributed by atoms with Crippen molar-refractivity contribution in [1.29, 1.82) is 0 Å². The number of benzene rings is 1. The van der Waals surface area contributed by atoms with E-state index in [9.17, 15) is 5.11 Å². The molecule has 1 fully saturated rings. The molecule has 1 aliphatic rings. The molecule has 0 saturated carbocycles. The van der Waals surface area contributed by atoms with Gasteiger partial charge in [0.25, 0.3) is 0 Å². The van der Waals surface area contributed by atoms with E-state index < -0.39 is 0 Å². The molecule has 0 radical (unpaired) electrons. The summed E-state index contributed by atoms with van der Waals surface area (Å²) in [5, 5.41) is 13.6. The molecular weight excluding hydrogens is 392 g/mol. The zero-order valence-corrected chi connectivity index (χ0v) is 17.1. The highest BCUT2D eigenvalue weighted by atomic mass is 16.5. The summed E-state index contributed by atoms with van der Waals surface area (Å²) in [5.41, 5.74) is 2.51. The van der Waals surface area contributed by atoms with Gasteiger partial charge in [0, 0.05) is 43.1 Å². The summed E-state index contributed by atoms with van der Waals surface area (Å²) in [6.45, 7) is 1.65. The summed E-state index contributed by atoms with van der Waals surface area (Å²) in [7, 11) is 1.62. The Kier molecular flexibility index (Phi) is 5.05. The van der Waals surface area contributed by atoms with Crippen molar-refractivity contribution in [1.82, 2.24) is 19.9 Å². The number of hydrogen-bond acceptors (Lipinski definition) is 8.